The molecule has 2 heteroatoms. The van der Waals surface area contributed by atoms with Crippen molar-refractivity contribution in [2.24, 2.45) is 5.41 Å². The van der Waals surface area contributed by atoms with Crippen LogP contribution in [-0.4, -0.2) is 11.4 Å². The maximum Gasteiger partial charge on any atom is 0.217 e. The minimum absolute atomic E-state index is 0.0946. The summed E-state index contributed by atoms with van der Waals surface area (Å²) in [4.78, 5) is 10.5. The van der Waals surface area contributed by atoms with Crippen LogP contribution in [0, 0.1) is 5.41 Å². The third kappa shape index (κ3) is 8.09. The second-order valence-corrected chi connectivity index (χ2v) is 6.10. The Bertz CT molecular complexity index is 181. The van der Waals surface area contributed by atoms with Crippen LogP contribution in [-0.2, 0) is 4.79 Å². The quantitative estimate of drug-likeness (QED) is 0.690. The SMILES string of the molecule is CC(=O)NC1(C)CCC1.CC(C)(C)C. The first-order chi connectivity index (χ1) is 6.12. The summed E-state index contributed by atoms with van der Waals surface area (Å²) in [5.74, 6) is 0.0946. The lowest BCUT2D eigenvalue weighted by atomic mass is 9.78. The molecule has 1 rings (SSSR count). The van der Waals surface area contributed by atoms with Crippen molar-refractivity contribution in [2.45, 2.75) is 66.3 Å². The van der Waals surface area contributed by atoms with Crippen molar-refractivity contribution < 1.29 is 4.79 Å². The van der Waals surface area contributed by atoms with Crippen LogP contribution in [0.3, 0.4) is 0 Å². The summed E-state index contributed by atoms with van der Waals surface area (Å²) >= 11 is 0. The molecule has 0 aromatic carbocycles. The van der Waals surface area contributed by atoms with Crippen LogP contribution < -0.4 is 5.32 Å². The molecule has 0 atom stereocenters. The first-order valence-electron chi connectivity index (χ1n) is 5.41. The Labute approximate surface area is 88.5 Å². The van der Waals surface area contributed by atoms with E-state index in [1.807, 2.05) is 0 Å². The molecule has 0 aliphatic heterocycles. The van der Waals surface area contributed by atoms with E-state index in [2.05, 4.69) is 39.9 Å². The van der Waals surface area contributed by atoms with Crippen LogP contribution in [0.4, 0.5) is 0 Å². The topological polar surface area (TPSA) is 29.1 Å². The monoisotopic (exact) mass is 199 g/mol. The van der Waals surface area contributed by atoms with Crippen molar-refractivity contribution in [3.63, 3.8) is 0 Å². The molecule has 1 aliphatic carbocycles. The molecular formula is C12H25NO. The maximum absolute atomic E-state index is 10.5. The molecular weight excluding hydrogens is 174 g/mol. The Morgan fingerprint density at radius 1 is 1.21 bits per heavy atom. The van der Waals surface area contributed by atoms with Gasteiger partial charge in [0.2, 0.25) is 5.91 Å². The zero-order valence-corrected chi connectivity index (χ0v) is 10.5. The summed E-state index contributed by atoms with van der Waals surface area (Å²) in [5, 5.41) is 2.92. The van der Waals surface area contributed by atoms with Gasteiger partial charge >= 0.3 is 0 Å². The zero-order valence-electron chi connectivity index (χ0n) is 10.5. The Morgan fingerprint density at radius 2 is 1.57 bits per heavy atom. The summed E-state index contributed by atoms with van der Waals surface area (Å²) < 4.78 is 0. The molecule has 0 unspecified atom stereocenters. The van der Waals surface area contributed by atoms with Crippen LogP contribution in [0.1, 0.15) is 60.8 Å². The smallest absolute Gasteiger partial charge is 0.217 e. The third-order valence-electron chi connectivity index (χ3n) is 1.93. The van der Waals surface area contributed by atoms with E-state index in [4.69, 9.17) is 0 Å². The molecule has 0 radical (unpaired) electrons. The molecule has 1 amide bonds. The first kappa shape index (κ1) is 13.5. The van der Waals surface area contributed by atoms with Gasteiger partial charge in [0, 0.05) is 12.5 Å². The summed E-state index contributed by atoms with van der Waals surface area (Å²) in [6, 6.07) is 0. The van der Waals surface area contributed by atoms with E-state index in [0.717, 1.165) is 12.8 Å². The van der Waals surface area contributed by atoms with Crippen molar-refractivity contribution in [1.82, 2.24) is 5.32 Å². The molecule has 84 valence electrons. The van der Waals surface area contributed by atoms with E-state index in [1.165, 1.54) is 6.42 Å². The van der Waals surface area contributed by atoms with Gasteiger partial charge in [-0.1, -0.05) is 27.7 Å². The Balaban J connectivity index is 0.000000292. The van der Waals surface area contributed by atoms with Gasteiger partial charge in [-0.15, -0.1) is 0 Å². The van der Waals surface area contributed by atoms with Gasteiger partial charge in [0.05, 0.1) is 0 Å². The highest BCUT2D eigenvalue weighted by atomic mass is 16.1. The van der Waals surface area contributed by atoms with Crippen LogP contribution in [0.5, 0.6) is 0 Å². The number of amides is 1. The maximum atomic E-state index is 10.5. The van der Waals surface area contributed by atoms with E-state index in [-0.39, 0.29) is 11.4 Å². The average Bonchev–Trinajstić information content (AvgIpc) is 1.78. The lowest BCUT2D eigenvalue weighted by molar-refractivity contribution is -0.121. The Kier molecular flexibility index (Phi) is 4.63. The number of carbonyl (C=O) groups excluding carboxylic acids is 1. The number of hydrogen-bond donors (Lipinski definition) is 1. The van der Waals surface area contributed by atoms with Crippen LogP contribution in [0.2, 0.25) is 0 Å². The summed E-state index contributed by atoms with van der Waals surface area (Å²) in [7, 11) is 0. The molecule has 1 saturated carbocycles. The van der Waals surface area contributed by atoms with Gasteiger partial charge in [-0.2, -0.15) is 0 Å². The molecule has 1 N–H and O–H groups in total. The van der Waals surface area contributed by atoms with Crippen molar-refractivity contribution in [1.29, 1.82) is 0 Å². The molecule has 0 bridgehead atoms. The van der Waals surface area contributed by atoms with Crippen LogP contribution in [0.15, 0.2) is 0 Å². The highest BCUT2D eigenvalue weighted by molar-refractivity contribution is 5.73. The van der Waals surface area contributed by atoms with Crippen molar-refractivity contribution >= 4 is 5.91 Å². The molecule has 1 aliphatic rings. The summed E-state index contributed by atoms with van der Waals surface area (Å²) in [6.45, 7) is 12.4. The summed E-state index contributed by atoms with van der Waals surface area (Å²) in [6.07, 6.45) is 3.55. The molecule has 2 nitrogen and oxygen atoms in total. The number of rotatable bonds is 1. The minimum atomic E-state index is 0.0946. The fourth-order valence-electron chi connectivity index (χ4n) is 1.26. The van der Waals surface area contributed by atoms with Gasteiger partial charge in [-0.25, -0.2) is 0 Å². The van der Waals surface area contributed by atoms with E-state index in [1.54, 1.807) is 6.92 Å². The predicted molar refractivity (Wildman–Crippen MR) is 61.2 cm³/mol. The van der Waals surface area contributed by atoms with Crippen molar-refractivity contribution in [3.8, 4) is 0 Å². The molecule has 0 aromatic rings. The summed E-state index contributed by atoms with van der Waals surface area (Å²) in [5.41, 5.74) is 0.645. The van der Waals surface area contributed by atoms with Crippen LogP contribution >= 0.6 is 0 Å². The molecule has 0 heterocycles. The third-order valence-corrected chi connectivity index (χ3v) is 1.93. The largest absolute Gasteiger partial charge is 0.351 e. The van der Waals surface area contributed by atoms with Gasteiger partial charge in [-0.05, 0) is 31.6 Å². The van der Waals surface area contributed by atoms with Crippen molar-refractivity contribution in [2.75, 3.05) is 0 Å². The molecule has 1 fully saturated rings. The number of nitrogens with one attached hydrogen (secondary N) is 1. The van der Waals surface area contributed by atoms with Gasteiger partial charge in [0.15, 0.2) is 0 Å². The van der Waals surface area contributed by atoms with Gasteiger partial charge < -0.3 is 5.32 Å². The second kappa shape index (κ2) is 4.81. The van der Waals surface area contributed by atoms with Crippen LogP contribution in [0.25, 0.3) is 0 Å². The number of hydrogen-bond acceptors (Lipinski definition) is 1. The predicted octanol–water partition coefficient (Wildman–Crippen LogP) is 3.12. The van der Waals surface area contributed by atoms with E-state index in [0.29, 0.717) is 5.41 Å². The van der Waals surface area contributed by atoms with Gasteiger partial charge in [0.1, 0.15) is 0 Å². The second-order valence-electron chi connectivity index (χ2n) is 6.10. The first-order valence-corrected chi connectivity index (χ1v) is 5.41. The van der Waals surface area contributed by atoms with Gasteiger partial charge in [-0.3, -0.25) is 4.79 Å². The molecule has 0 saturated heterocycles. The van der Waals surface area contributed by atoms with Crippen molar-refractivity contribution in [3.05, 3.63) is 0 Å². The molecule has 14 heavy (non-hydrogen) atoms. The molecule has 0 spiro atoms. The minimum Gasteiger partial charge on any atom is -0.351 e. The lowest BCUT2D eigenvalue weighted by Crippen LogP contribution is -2.50. The zero-order chi connectivity index (χ0) is 11.4. The van der Waals surface area contributed by atoms with E-state index < -0.39 is 0 Å². The number of carbonyl (C=O) groups is 1. The Morgan fingerprint density at radius 3 is 1.64 bits per heavy atom. The highest BCUT2D eigenvalue weighted by Crippen LogP contribution is 2.30. The fourth-order valence-corrected chi connectivity index (χ4v) is 1.26. The lowest BCUT2D eigenvalue weighted by Gasteiger charge is -2.38. The van der Waals surface area contributed by atoms with Gasteiger partial charge in [0.25, 0.3) is 0 Å². The fraction of sp³-hybridized carbons (Fsp3) is 0.917. The Hall–Kier alpha value is -0.530. The molecule has 0 aromatic heterocycles. The highest BCUT2D eigenvalue weighted by Gasteiger charge is 2.31. The standard InChI is InChI=1S/C7H13NO.C5H12/c1-6(9)8-7(2)4-3-5-7;1-5(2,3)4/h3-5H2,1-2H3,(H,8,9);1-4H3. The van der Waals surface area contributed by atoms with E-state index >= 15 is 0 Å². The normalized spacial score (nSPS) is 18.7. The van der Waals surface area contributed by atoms with E-state index in [9.17, 15) is 4.79 Å². The average molecular weight is 199 g/mol.